The molecule has 0 bridgehead atoms. The summed E-state index contributed by atoms with van der Waals surface area (Å²) in [4.78, 5) is 21.0. The highest BCUT2D eigenvalue weighted by atomic mass is 16.1. The van der Waals surface area contributed by atoms with Crippen molar-refractivity contribution in [3.63, 3.8) is 0 Å². The zero-order chi connectivity index (χ0) is 18.6. The van der Waals surface area contributed by atoms with Crippen molar-refractivity contribution in [3.8, 4) is 11.8 Å². The summed E-state index contributed by atoms with van der Waals surface area (Å²) in [6.45, 7) is 1.90. The minimum Gasteiger partial charge on any atom is -0.322 e. The van der Waals surface area contributed by atoms with E-state index in [9.17, 15) is 4.79 Å². The Morgan fingerprint density at radius 2 is 2.00 bits per heavy atom. The summed E-state index contributed by atoms with van der Waals surface area (Å²) in [6.07, 6.45) is 5.17. The SMILES string of the molecule is Cc1c(C(=O)Nc2cccc(C#Cc3ccccn3)c2)ccc2cncn12. The predicted molar refractivity (Wildman–Crippen MR) is 105 cm³/mol. The molecule has 0 aliphatic rings. The third kappa shape index (κ3) is 3.55. The minimum absolute atomic E-state index is 0.169. The van der Waals surface area contributed by atoms with Crippen molar-refractivity contribution in [2.45, 2.75) is 6.92 Å². The van der Waals surface area contributed by atoms with Crippen molar-refractivity contribution in [2.75, 3.05) is 5.32 Å². The number of nitrogens with one attached hydrogen (secondary N) is 1. The highest BCUT2D eigenvalue weighted by Gasteiger charge is 2.12. The summed E-state index contributed by atoms with van der Waals surface area (Å²) in [7, 11) is 0. The van der Waals surface area contributed by atoms with Crippen molar-refractivity contribution < 1.29 is 4.79 Å². The number of hydrogen-bond acceptors (Lipinski definition) is 3. The first kappa shape index (κ1) is 16.6. The fraction of sp³-hybridized carbons (Fsp3) is 0.0455. The Morgan fingerprint density at radius 1 is 1.07 bits per heavy atom. The fourth-order valence-electron chi connectivity index (χ4n) is 2.81. The molecule has 5 nitrogen and oxygen atoms in total. The number of hydrogen-bond donors (Lipinski definition) is 1. The number of fused-ring (bicyclic) bond motifs is 1. The summed E-state index contributed by atoms with van der Waals surface area (Å²) < 4.78 is 1.89. The van der Waals surface area contributed by atoms with Gasteiger partial charge in [-0.25, -0.2) is 9.97 Å². The molecule has 3 aromatic heterocycles. The average molecular weight is 352 g/mol. The molecular formula is C22H16N4O. The summed E-state index contributed by atoms with van der Waals surface area (Å²) in [5.74, 6) is 5.92. The van der Waals surface area contributed by atoms with Crippen molar-refractivity contribution in [2.24, 2.45) is 0 Å². The molecule has 0 spiro atoms. The van der Waals surface area contributed by atoms with Crippen molar-refractivity contribution in [1.29, 1.82) is 0 Å². The molecule has 0 aliphatic carbocycles. The zero-order valence-corrected chi connectivity index (χ0v) is 14.7. The summed E-state index contributed by atoms with van der Waals surface area (Å²) in [5, 5.41) is 2.94. The topological polar surface area (TPSA) is 59.3 Å². The second-order valence-electron chi connectivity index (χ2n) is 6.02. The van der Waals surface area contributed by atoms with Gasteiger partial charge in [-0.2, -0.15) is 0 Å². The molecule has 0 radical (unpaired) electrons. The van der Waals surface area contributed by atoms with Crippen LogP contribution in [0.5, 0.6) is 0 Å². The van der Waals surface area contributed by atoms with Gasteiger partial charge in [0.05, 0.1) is 23.6 Å². The van der Waals surface area contributed by atoms with Crippen molar-refractivity contribution in [3.05, 3.63) is 95.8 Å². The molecule has 130 valence electrons. The number of anilines is 1. The number of amides is 1. The number of pyridine rings is 2. The lowest BCUT2D eigenvalue weighted by atomic mass is 10.1. The van der Waals surface area contributed by atoms with E-state index in [1.807, 2.05) is 65.9 Å². The molecule has 1 amide bonds. The monoisotopic (exact) mass is 352 g/mol. The minimum atomic E-state index is -0.169. The molecule has 5 heteroatoms. The van der Waals surface area contributed by atoms with Crippen molar-refractivity contribution in [1.82, 2.24) is 14.4 Å². The molecule has 1 N–H and O–H groups in total. The second kappa shape index (κ2) is 7.14. The highest BCUT2D eigenvalue weighted by Crippen LogP contribution is 2.16. The van der Waals surface area contributed by atoms with E-state index < -0.39 is 0 Å². The number of nitrogens with zero attached hydrogens (tertiary/aromatic N) is 3. The molecular weight excluding hydrogens is 336 g/mol. The first-order valence-electron chi connectivity index (χ1n) is 8.47. The van der Waals surface area contributed by atoms with Gasteiger partial charge in [-0.05, 0) is 55.3 Å². The van der Waals surface area contributed by atoms with Crippen LogP contribution in [0.15, 0.2) is 73.3 Å². The Morgan fingerprint density at radius 3 is 2.85 bits per heavy atom. The second-order valence-corrected chi connectivity index (χ2v) is 6.02. The number of aromatic nitrogens is 3. The number of carbonyl (C=O) groups excluding carboxylic acids is 1. The summed E-state index contributed by atoms with van der Waals surface area (Å²) in [5.41, 5.74) is 4.60. The lowest BCUT2D eigenvalue weighted by Gasteiger charge is -2.09. The Balaban J connectivity index is 1.56. The van der Waals surface area contributed by atoms with Crippen LogP contribution in [0, 0.1) is 18.8 Å². The van der Waals surface area contributed by atoms with Gasteiger partial charge in [0.2, 0.25) is 0 Å². The predicted octanol–water partition coefficient (Wildman–Crippen LogP) is 3.69. The summed E-state index contributed by atoms with van der Waals surface area (Å²) in [6, 6.07) is 16.7. The number of rotatable bonds is 2. The van der Waals surface area contributed by atoms with Crippen LogP contribution in [-0.2, 0) is 0 Å². The van der Waals surface area contributed by atoms with E-state index in [0.29, 0.717) is 16.9 Å². The van der Waals surface area contributed by atoms with Crippen LogP contribution in [0.1, 0.15) is 27.3 Å². The van der Waals surface area contributed by atoms with Gasteiger partial charge in [0, 0.05) is 23.1 Å². The van der Waals surface area contributed by atoms with Gasteiger partial charge in [0.15, 0.2) is 0 Å². The molecule has 0 saturated heterocycles. The van der Waals surface area contributed by atoms with Crippen LogP contribution in [0.4, 0.5) is 5.69 Å². The molecule has 27 heavy (non-hydrogen) atoms. The standard InChI is InChI=1S/C22H16N4O/c1-16-21(11-10-20-14-23-15-26(16)20)22(27)25-19-7-4-5-17(13-19)8-9-18-6-2-3-12-24-18/h2-7,10-15H,1H3,(H,25,27). The Hall–Kier alpha value is -3.91. The molecule has 0 unspecified atom stereocenters. The maximum Gasteiger partial charge on any atom is 0.257 e. The molecule has 1 aromatic carbocycles. The van der Waals surface area contributed by atoms with Crippen molar-refractivity contribution >= 4 is 17.1 Å². The first-order valence-corrected chi connectivity index (χ1v) is 8.47. The highest BCUT2D eigenvalue weighted by molar-refractivity contribution is 6.05. The maximum absolute atomic E-state index is 12.7. The van der Waals surface area contributed by atoms with Gasteiger partial charge in [-0.3, -0.25) is 4.79 Å². The zero-order valence-electron chi connectivity index (χ0n) is 14.7. The van der Waals surface area contributed by atoms with Crippen LogP contribution in [0.2, 0.25) is 0 Å². The van der Waals surface area contributed by atoms with E-state index in [4.69, 9.17) is 0 Å². The Kier molecular flexibility index (Phi) is 4.38. The van der Waals surface area contributed by atoms with E-state index in [0.717, 1.165) is 16.8 Å². The third-order valence-electron chi connectivity index (χ3n) is 4.20. The lowest BCUT2D eigenvalue weighted by Crippen LogP contribution is -2.15. The number of imidazole rings is 1. The largest absolute Gasteiger partial charge is 0.322 e. The average Bonchev–Trinajstić information content (AvgIpc) is 3.17. The lowest BCUT2D eigenvalue weighted by molar-refractivity contribution is 0.102. The molecule has 0 atom stereocenters. The van der Waals surface area contributed by atoms with E-state index in [-0.39, 0.29) is 5.91 Å². The van der Waals surface area contributed by atoms with E-state index in [1.165, 1.54) is 0 Å². The van der Waals surface area contributed by atoms with Crippen LogP contribution < -0.4 is 5.32 Å². The fourth-order valence-corrected chi connectivity index (χ4v) is 2.81. The number of carbonyl (C=O) groups is 1. The number of benzene rings is 1. The first-order chi connectivity index (χ1) is 13.2. The Labute approximate surface area is 156 Å². The third-order valence-corrected chi connectivity index (χ3v) is 4.20. The van der Waals surface area contributed by atoms with Gasteiger partial charge < -0.3 is 9.72 Å². The van der Waals surface area contributed by atoms with Crippen LogP contribution in [0.3, 0.4) is 0 Å². The maximum atomic E-state index is 12.7. The van der Waals surface area contributed by atoms with Gasteiger partial charge in [-0.15, -0.1) is 0 Å². The van der Waals surface area contributed by atoms with Crippen LogP contribution in [0.25, 0.3) is 5.52 Å². The van der Waals surface area contributed by atoms with Gasteiger partial charge in [0.1, 0.15) is 5.69 Å². The molecule has 3 heterocycles. The Bertz CT molecular complexity index is 1180. The molecule has 0 aliphatic heterocycles. The van der Waals surface area contributed by atoms with Gasteiger partial charge >= 0.3 is 0 Å². The van der Waals surface area contributed by atoms with Gasteiger partial charge in [-0.1, -0.05) is 18.1 Å². The number of aryl methyl sites for hydroxylation is 1. The smallest absolute Gasteiger partial charge is 0.257 e. The van der Waals surface area contributed by atoms with E-state index in [2.05, 4.69) is 27.1 Å². The molecule has 4 aromatic rings. The van der Waals surface area contributed by atoms with E-state index in [1.54, 1.807) is 18.7 Å². The summed E-state index contributed by atoms with van der Waals surface area (Å²) >= 11 is 0. The van der Waals surface area contributed by atoms with E-state index >= 15 is 0 Å². The van der Waals surface area contributed by atoms with Crippen LogP contribution >= 0.6 is 0 Å². The molecule has 0 saturated carbocycles. The molecule has 0 fully saturated rings. The quantitative estimate of drug-likeness (QED) is 0.560. The van der Waals surface area contributed by atoms with Crippen LogP contribution in [-0.4, -0.2) is 20.3 Å². The van der Waals surface area contributed by atoms with Gasteiger partial charge in [0.25, 0.3) is 5.91 Å². The normalized spacial score (nSPS) is 10.3. The molecule has 4 rings (SSSR count).